The molecule has 0 radical (unpaired) electrons. The number of aryl methyl sites for hydroxylation is 2. The van der Waals surface area contributed by atoms with Crippen molar-refractivity contribution in [2.45, 2.75) is 53.0 Å². The third-order valence-corrected chi connectivity index (χ3v) is 5.25. The zero-order chi connectivity index (χ0) is 12.4. The minimum atomic E-state index is 0.507. The van der Waals surface area contributed by atoms with Crippen LogP contribution in [0.3, 0.4) is 0 Å². The molecule has 2 rings (SSSR count). The third-order valence-electron chi connectivity index (χ3n) is 4.27. The van der Waals surface area contributed by atoms with Crippen LogP contribution < -0.4 is 5.32 Å². The second-order valence-corrected chi connectivity index (χ2v) is 7.13. The molecule has 0 saturated heterocycles. The first kappa shape index (κ1) is 13.1. The Labute approximate surface area is 110 Å². The zero-order valence-corrected chi connectivity index (χ0v) is 12.4. The molecule has 96 valence electrons. The monoisotopic (exact) mass is 251 g/mol. The van der Waals surface area contributed by atoms with Crippen molar-refractivity contribution < 1.29 is 0 Å². The molecule has 0 spiro atoms. The van der Waals surface area contributed by atoms with E-state index in [1.54, 1.807) is 0 Å². The van der Waals surface area contributed by atoms with Crippen molar-refractivity contribution in [1.82, 2.24) is 5.32 Å². The highest BCUT2D eigenvalue weighted by molar-refractivity contribution is 7.12. The van der Waals surface area contributed by atoms with Gasteiger partial charge in [0.2, 0.25) is 0 Å². The third kappa shape index (κ3) is 3.11. The van der Waals surface area contributed by atoms with Crippen molar-refractivity contribution in [3.05, 3.63) is 21.4 Å². The predicted octanol–water partition coefficient (Wildman–Crippen LogP) is 4.45. The van der Waals surface area contributed by atoms with Gasteiger partial charge in [-0.05, 0) is 57.2 Å². The molecular weight excluding hydrogens is 226 g/mol. The molecule has 1 aliphatic rings. The zero-order valence-electron chi connectivity index (χ0n) is 11.5. The van der Waals surface area contributed by atoms with Crippen LogP contribution >= 0.6 is 11.3 Å². The average molecular weight is 251 g/mol. The summed E-state index contributed by atoms with van der Waals surface area (Å²) >= 11 is 1.92. The number of hydrogen-bond acceptors (Lipinski definition) is 2. The molecule has 1 nitrogen and oxygen atoms in total. The lowest BCUT2D eigenvalue weighted by Gasteiger charge is -2.20. The fourth-order valence-corrected chi connectivity index (χ4v) is 4.07. The summed E-state index contributed by atoms with van der Waals surface area (Å²) in [6.07, 6.45) is 4.28. The predicted molar refractivity (Wildman–Crippen MR) is 76.7 cm³/mol. The molecule has 1 heterocycles. The van der Waals surface area contributed by atoms with Crippen molar-refractivity contribution in [3.8, 4) is 0 Å². The van der Waals surface area contributed by atoms with Gasteiger partial charge >= 0.3 is 0 Å². The van der Waals surface area contributed by atoms with E-state index in [1.807, 2.05) is 11.3 Å². The molecule has 0 amide bonds. The van der Waals surface area contributed by atoms with Gasteiger partial charge in [-0.2, -0.15) is 0 Å². The second kappa shape index (κ2) is 5.53. The molecule has 1 aliphatic carbocycles. The summed E-state index contributed by atoms with van der Waals surface area (Å²) in [5.74, 6) is 1.82. The van der Waals surface area contributed by atoms with Gasteiger partial charge in [-0.15, -0.1) is 11.3 Å². The van der Waals surface area contributed by atoms with Crippen molar-refractivity contribution in [2.75, 3.05) is 6.54 Å². The number of thiophene rings is 1. The average Bonchev–Trinajstić information content (AvgIpc) is 2.81. The van der Waals surface area contributed by atoms with Crippen LogP contribution in [-0.4, -0.2) is 6.54 Å². The molecule has 17 heavy (non-hydrogen) atoms. The van der Waals surface area contributed by atoms with E-state index in [4.69, 9.17) is 0 Å². The van der Waals surface area contributed by atoms with E-state index < -0.39 is 0 Å². The maximum Gasteiger partial charge on any atom is 0.0302 e. The van der Waals surface area contributed by atoms with Crippen molar-refractivity contribution in [2.24, 2.45) is 11.8 Å². The molecule has 3 unspecified atom stereocenters. The number of nitrogens with one attached hydrogen (secondary N) is 1. The van der Waals surface area contributed by atoms with Gasteiger partial charge < -0.3 is 5.32 Å². The Hall–Kier alpha value is -0.340. The molecule has 1 saturated carbocycles. The van der Waals surface area contributed by atoms with Crippen LogP contribution in [0.5, 0.6) is 0 Å². The quantitative estimate of drug-likeness (QED) is 0.833. The van der Waals surface area contributed by atoms with Crippen molar-refractivity contribution >= 4 is 11.3 Å². The van der Waals surface area contributed by atoms with Gasteiger partial charge in [-0.3, -0.25) is 0 Å². The summed E-state index contributed by atoms with van der Waals surface area (Å²) in [7, 11) is 0. The van der Waals surface area contributed by atoms with Gasteiger partial charge in [-0.1, -0.05) is 19.8 Å². The summed E-state index contributed by atoms with van der Waals surface area (Å²) in [5, 5.41) is 3.73. The Morgan fingerprint density at radius 3 is 2.71 bits per heavy atom. The first-order valence-electron chi connectivity index (χ1n) is 6.88. The molecule has 0 bridgehead atoms. The molecular formula is C15H25NS. The Kier molecular flexibility index (Phi) is 4.26. The maximum absolute atomic E-state index is 3.73. The van der Waals surface area contributed by atoms with Gasteiger partial charge in [0.05, 0.1) is 0 Å². The van der Waals surface area contributed by atoms with Crippen LogP contribution in [-0.2, 0) is 0 Å². The Morgan fingerprint density at radius 1 is 1.41 bits per heavy atom. The number of hydrogen-bond donors (Lipinski definition) is 1. The van der Waals surface area contributed by atoms with E-state index in [2.05, 4.69) is 39.1 Å². The standard InChI is InChI=1S/C15H25NS/c1-10-6-5-7-14(10)9-16-12(3)15-8-11(2)17-13(15)4/h8,10,12,14,16H,5-7,9H2,1-4H3. The Bertz CT molecular complexity index is 369. The lowest BCUT2D eigenvalue weighted by molar-refractivity contribution is 0.375. The van der Waals surface area contributed by atoms with Gasteiger partial charge in [0.25, 0.3) is 0 Å². The largest absolute Gasteiger partial charge is 0.310 e. The van der Waals surface area contributed by atoms with Crippen LogP contribution in [0.1, 0.15) is 54.5 Å². The minimum Gasteiger partial charge on any atom is -0.310 e. The van der Waals surface area contributed by atoms with Gasteiger partial charge in [0.15, 0.2) is 0 Å². The van der Waals surface area contributed by atoms with Crippen molar-refractivity contribution in [3.63, 3.8) is 0 Å². The maximum atomic E-state index is 3.73. The summed E-state index contributed by atoms with van der Waals surface area (Å²) in [6, 6.07) is 2.85. The molecule has 1 fully saturated rings. The fraction of sp³-hybridized carbons (Fsp3) is 0.733. The van der Waals surface area contributed by atoms with E-state index in [0.29, 0.717) is 6.04 Å². The highest BCUT2D eigenvalue weighted by atomic mass is 32.1. The molecule has 0 aliphatic heterocycles. The van der Waals surface area contributed by atoms with Gasteiger partial charge in [0, 0.05) is 15.8 Å². The highest BCUT2D eigenvalue weighted by Crippen LogP contribution is 2.31. The summed E-state index contributed by atoms with van der Waals surface area (Å²) in [6.45, 7) is 10.3. The fourth-order valence-electron chi connectivity index (χ4n) is 3.04. The smallest absolute Gasteiger partial charge is 0.0302 e. The molecule has 1 N–H and O–H groups in total. The van der Waals surface area contributed by atoms with E-state index in [-0.39, 0.29) is 0 Å². The Morgan fingerprint density at radius 2 is 2.18 bits per heavy atom. The molecule has 1 aromatic heterocycles. The summed E-state index contributed by atoms with van der Waals surface area (Å²) in [4.78, 5) is 2.90. The molecule has 1 aromatic rings. The van der Waals surface area contributed by atoms with Crippen molar-refractivity contribution in [1.29, 1.82) is 0 Å². The van der Waals surface area contributed by atoms with Crippen LogP contribution in [0.2, 0.25) is 0 Å². The SMILES string of the molecule is Cc1cc(C(C)NCC2CCCC2C)c(C)s1. The summed E-state index contributed by atoms with van der Waals surface area (Å²) < 4.78 is 0. The number of rotatable bonds is 4. The van der Waals surface area contributed by atoms with E-state index in [1.165, 1.54) is 41.1 Å². The van der Waals surface area contributed by atoms with Crippen LogP contribution in [0, 0.1) is 25.7 Å². The topological polar surface area (TPSA) is 12.0 Å². The highest BCUT2D eigenvalue weighted by Gasteiger charge is 2.23. The second-order valence-electron chi connectivity index (χ2n) is 5.67. The normalized spacial score (nSPS) is 26.4. The first-order valence-corrected chi connectivity index (χ1v) is 7.70. The van der Waals surface area contributed by atoms with Crippen LogP contribution in [0.4, 0.5) is 0 Å². The van der Waals surface area contributed by atoms with Gasteiger partial charge in [-0.25, -0.2) is 0 Å². The molecule has 2 heteroatoms. The van der Waals surface area contributed by atoms with E-state index >= 15 is 0 Å². The van der Waals surface area contributed by atoms with Gasteiger partial charge in [0.1, 0.15) is 0 Å². The van der Waals surface area contributed by atoms with Crippen LogP contribution in [0.25, 0.3) is 0 Å². The Balaban J connectivity index is 1.88. The lowest BCUT2D eigenvalue weighted by Crippen LogP contribution is -2.27. The van der Waals surface area contributed by atoms with Crippen LogP contribution in [0.15, 0.2) is 6.07 Å². The first-order chi connectivity index (χ1) is 8.08. The van der Waals surface area contributed by atoms with E-state index in [0.717, 1.165) is 11.8 Å². The van der Waals surface area contributed by atoms with E-state index in [9.17, 15) is 0 Å². The minimum absolute atomic E-state index is 0.507. The lowest BCUT2D eigenvalue weighted by atomic mass is 9.97. The molecule has 0 aromatic carbocycles. The molecule has 3 atom stereocenters. The summed E-state index contributed by atoms with van der Waals surface area (Å²) in [5.41, 5.74) is 1.50.